The Labute approximate surface area is 344 Å². The molecule has 0 radical (unpaired) electrons. The Bertz CT molecular complexity index is 2500. The van der Waals surface area contributed by atoms with Crippen LogP contribution in [-0.2, 0) is 35.0 Å². The highest BCUT2D eigenvalue weighted by atomic mass is 19.4. The Kier molecular flexibility index (Phi) is 11.2. The van der Waals surface area contributed by atoms with Gasteiger partial charge in [-0.15, -0.1) is 0 Å². The Hall–Kier alpha value is -5.39. The van der Waals surface area contributed by atoms with Crippen molar-refractivity contribution in [3.8, 4) is 0 Å². The van der Waals surface area contributed by atoms with Crippen molar-refractivity contribution in [1.82, 2.24) is 39.0 Å². The lowest BCUT2D eigenvalue weighted by atomic mass is 9.84. The first-order chi connectivity index (χ1) is 28.5. The minimum absolute atomic E-state index is 0.194. The Morgan fingerprint density at radius 3 is 2.37 bits per heavy atom. The minimum Gasteiger partial charge on any atom is -0.386 e. The number of aryl methyl sites for hydroxylation is 1. The lowest BCUT2D eigenvalue weighted by Crippen LogP contribution is -2.46. The van der Waals surface area contributed by atoms with E-state index in [1.54, 1.807) is 37.6 Å². The Morgan fingerprint density at radius 1 is 0.950 bits per heavy atom. The van der Waals surface area contributed by atoms with E-state index in [1.165, 1.54) is 10.6 Å². The van der Waals surface area contributed by atoms with Crippen LogP contribution in [0.15, 0.2) is 59.5 Å². The zero-order valence-corrected chi connectivity index (χ0v) is 34.0. The van der Waals surface area contributed by atoms with Gasteiger partial charge in [0.15, 0.2) is 0 Å². The predicted octanol–water partition coefficient (Wildman–Crippen LogP) is 5.50. The number of nitrogens with zero attached hydrogens (tertiary/aromatic N) is 7. The molecule has 1 atom stereocenters. The molecule has 3 amide bonds. The van der Waals surface area contributed by atoms with Gasteiger partial charge in [0.2, 0.25) is 11.8 Å². The summed E-state index contributed by atoms with van der Waals surface area (Å²) in [6.07, 6.45) is 2.93. The van der Waals surface area contributed by atoms with Crippen LogP contribution in [0, 0.1) is 5.92 Å². The van der Waals surface area contributed by atoms with Crippen molar-refractivity contribution in [2.75, 3.05) is 38.0 Å². The zero-order valence-electron chi connectivity index (χ0n) is 34.0. The molecule has 5 aromatic rings. The monoisotopic (exact) mass is 829 g/mol. The highest BCUT2D eigenvalue weighted by molar-refractivity contribution is 6.04. The fourth-order valence-corrected chi connectivity index (χ4v) is 9.14. The number of anilines is 1. The van der Waals surface area contributed by atoms with E-state index >= 15 is 0 Å². The summed E-state index contributed by atoms with van der Waals surface area (Å²) in [6.45, 7) is 8.57. The predicted molar refractivity (Wildman–Crippen MR) is 218 cm³/mol. The van der Waals surface area contributed by atoms with Crippen LogP contribution >= 0.6 is 0 Å². The second kappa shape index (κ2) is 16.2. The lowest BCUT2D eigenvalue weighted by molar-refractivity contribution is -0.141. The molecule has 1 aliphatic carbocycles. The maximum absolute atomic E-state index is 13.4. The number of imide groups is 1. The molecule has 60 heavy (non-hydrogen) atoms. The number of pyridine rings is 1. The molecule has 1 saturated carbocycles. The molecule has 3 fully saturated rings. The number of carbonyl (C=O) groups is 3. The number of aromatic nitrogens is 5. The maximum atomic E-state index is 13.4. The number of aliphatic hydroxyl groups is 1. The van der Waals surface area contributed by atoms with Crippen molar-refractivity contribution in [3.05, 3.63) is 87.7 Å². The average molecular weight is 830 g/mol. The summed E-state index contributed by atoms with van der Waals surface area (Å²) >= 11 is 0. The average Bonchev–Trinajstić information content (AvgIpc) is 3.74. The first-order valence-corrected chi connectivity index (χ1v) is 20.6. The molecule has 2 aromatic carbocycles. The molecule has 318 valence electrons. The van der Waals surface area contributed by atoms with E-state index in [-0.39, 0.29) is 35.4 Å². The van der Waals surface area contributed by atoms with Gasteiger partial charge in [0.05, 0.1) is 28.2 Å². The number of para-hydroxylation sites is 1. The molecule has 2 saturated heterocycles. The summed E-state index contributed by atoms with van der Waals surface area (Å²) in [4.78, 5) is 59.3. The minimum atomic E-state index is -4.69. The molecule has 14 nitrogen and oxygen atoms in total. The third-order valence-electron chi connectivity index (χ3n) is 12.5. The molecule has 0 spiro atoms. The highest BCUT2D eigenvalue weighted by Crippen LogP contribution is 2.37. The van der Waals surface area contributed by atoms with Gasteiger partial charge in [-0.3, -0.25) is 38.4 Å². The molecule has 1 unspecified atom stereocenters. The number of amides is 3. The van der Waals surface area contributed by atoms with Gasteiger partial charge < -0.3 is 15.3 Å². The summed E-state index contributed by atoms with van der Waals surface area (Å²) < 4.78 is 44.9. The molecule has 3 aromatic heterocycles. The number of piperazine rings is 1. The first-order valence-electron chi connectivity index (χ1n) is 20.6. The van der Waals surface area contributed by atoms with E-state index in [2.05, 4.69) is 25.4 Å². The van der Waals surface area contributed by atoms with Gasteiger partial charge >= 0.3 is 11.9 Å². The van der Waals surface area contributed by atoms with Gasteiger partial charge in [0.25, 0.3) is 5.91 Å². The van der Waals surface area contributed by atoms with E-state index in [9.17, 15) is 37.5 Å². The smallest absolute Gasteiger partial charge is 0.386 e. The number of rotatable bonds is 10. The van der Waals surface area contributed by atoms with E-state index in [0.717, 1.165) is 93.4 Å². The Morgan fingerprint density at radius 2 is 1.67 bits per heavy atom. The lowest BCUT2D eigenvalue weighted by Gasteiger charge is -2.36. The number of halogens is 3. The number of piperidine rings is 1. The molecule has 0 bridgehead atoms. The van der Waals surface area contributed by atoms with E-state index in [0.29, 0.717) is 35.5 Å². The third kappa shape index (κ3) is 8.47. The molecule has 2 aliphatic heterocycles. The number of hydrogen-bond acceptors (Lipinski definition) is 9. The van der Waals surface area contributed by atoms with E-state index < -0.39 is 35.3 Å². The molecule has 8 rings (SSSR count). The largest absolute Gasteiger partial charge is 0.433 e. The number of imidazole rings is 1. The van der Waals surface area contributed by atoms with Crippen LogP contribution in [-0.4, -0.2) is 89.3 Å². The number of fused-ring (bicyclic) bond motifs is 2. The summed E-state index contributed by atoms with van der Waals surface area (Å²) in [6, 6.07) is 11.9. The van der Waals surface area contributed by atoms with Crippen molar-refractivity contribution >= 4 is 45.3 Å². The number of alkyl halides is 3. The van der Waals surface area contributed by atoms with E-state index in [1.807, 2.05) is 29.1 Å². The van der Waals surface area contributed by atoms with Crippen molar-refractivity contribution in [2.24, 2.45) is 13.0 Å². The van der Waals surface area contributed by atoms with Gasteiger partial charge in [-0.1, -0.05) is 18.2 Å². The fraction of sp³-hybridized carbons (Fsp3) is 0.488. The van der Waals surface area contributed by atoms with Gasteiger partial charge in [-0.25, -0.2) is 9.78 Å². The molecule has 3 aliphatic rings. The fourth-order valence-electron chi connectivity index (χ4n) is 9.14. The SMILES string of the molecule is Cn1c(=O)n(C2CCC(=O)NC2=O)c2cccc(CN3CCN(CCC4CCC(n5cc6cc(NC(=O)c7cccc(C(F)(F)F)n7)c(C(C)(C)O)cc6n5)CC4)CC3)c21. The van der Waals surface area contributed by atoms with Crippen LogP contribution in [0.1, 0.15) is 98.2 Å². The normalized spacial score (nSPS) is 21.1. The number of nitrogens with one attached hydrogen (secondary N) is 2. The van der Waals surface area contributed by atoms with Gasteiger partial charge in [-0.2, -0.15) is 18.3 Å². The van der Waals surface area contributed by atoms with Gasteiger partial charge in [0.1, 0.15) is 17.4 Å². The van der Waals surface area contributed by atoms with Gasteiger partial charge in [0, 0.05) is 69.0 Å². The van der Waals surface area contributed by atoms with Crippen LogP contribution in [0.2, 0.25) is 0 Å². The topological polar surface area (TPSA) is 160 Å². The van der Waals surface area contributed by atoms with E-state index in [4.69, 9.17) is 5.10 Å². The maximum Gasteiger partial charge on any atom is 0.433 e. The van der Waals surface area contributed by atoms with Crippen molar-refractivity contribution < 1.29 is 32.7 Å². The summed E-state index contributed by atoms with van der Waals surface area (Å²) in [5.41, 5.74) is 0.668. The summed E-state index contributed by atoms with van der Waals surface area (Å²) in [7, 11) is 1.74. The zero-order chi connectivity index (χ0) is 42.5. The standard InChI is InChI=1S/C43H50F3N9O5/c1-42(2,60)30-23-32-28(22-33(30)48-39(57)31-7-5-9-36(47-31)43(44,45)46)25-54(50-32)29-12-10-26(11-13-29)16-17-52-18-20-53(21-19-52)24-27-6-4-8-34-38(27)51(3)41(59)55(34)35-14-15-37(56)49-40(35)58/h4-9,22-23,25-26,29,35,60H,10-21,24H2,1-3H3,(H,48,57)(H,49,56,58). The first kappa shape index (κ1) is 41.3. The molecular formula is C43H50F3N9O5. The molecule has 17 heteroatoms. The van der Waals surface area contributed by atoms with Crippen LogP contribution in [0.5, 0.6) is 0 Å². The van der Waals surface area contributed by atoms with Crippen LogP contribution in [0.3, 0.4) is 0 Å². The van der Waals surface area contributed by atoms with Crippen molar-refractivity contribution in [3.63, 3.8) is 0 Å². The van der Waals surface area contributed by atoms with Crippen LogP contribution in [0.4, 0.5) is 18.9 Å². The second-order valence-corrected chi connectivity index (χ2v) is 17.0. The molecule has 3 N–H and O–H groups in total. The number of carbonyl (C=O) groups excluding carboxylic acids is 3. The number of hydrogen-bond donors (Lipinski definition) is 3. The highest BCUT2D eigenvalue weighted by Gasteiger charge is 2.34. The van der Waals surface area contributed by atoms with Gasteiger partial charge in [-0.05, 0) is 101 Å². The van der Waals surface area contributed by atoms with Crippen molar-refractivity contribution in [1.29, 1.82) is 0 Å². The number of benzene rings is 2. The Balaban J connectivity index is 0.845. The van der Waals surface area contributed by atoms with Crippen LogP contribution < -0.4 is 16.3 Å². The second-order valence-electron chi connectivity index (χ2n) is 17.0. The van der Waals surface area contributed by atoms with Crippen molar-refractivity contribution in [2.45, 2.75) is 89.2 Å². The quantitative estimate of drug-likeness (QED) is 0.155. The summed E-state index contributed by atoms with van der Waals surface area (Å²) in [5, 5.41) is 21.6. The molecular weight excluding hydrogens is 780 g/mol. The summed E-state index contributed by atoms with van der Waals surface area (Å²) in [5.74, 6) is -0.968. The molecule has 5 heterocycles. The van der Waals surface area contributed by atoms with Crippen LogP contribution in [0.25, 0.3) is 21.9 Å². The third-order valence-corrected chi connectivity index (χ3v) is 12.5.